The third-order valence-electron chi connectivity index (χ3n) is 12.5. The largest absolute Gasteiger partial charge is 0.453 e. The van der Waals surface area contributed by atoms with Crippen LogP contribution in [0.5, 0.6) is 11.5 Å². The van der Waals surface area contributed by atoms with Crippen molar-refractivity contribution < 1.29 is 35.9 Å². The van der Waals surface area contributed by atoms with Crippen molar-refractivity contribution in [2.24, 2.45) is 5.92 Å². The van der Waals surface area contributed by atoms with Gasteiger partial charge in [-0.3, -0.25) is 33.9 Å². The van der Waals surface area contributed by atoms with Crippen LogP contribution in [0.1, 0.15) is 37.7 Å². The molecule has 4 aliphatic heterocycles. The van der Waals surface area contributed by atoms with Crippen LogP contribution in [0.3, 0.4) is 0 Å². The number of halogens is 3. The van der Waals surface area contributed by atoms with Crippen LogP contribution in [0.25, 0.3) is 16.6 Å². The van der Waals surface area contributed by atoms with Gasteiger partial charge in [0.05, 0.1) is 34.2 Å². The number of rotatable bonds is 12. The van der Waals surface area contributed by atoms with E-state index < -0.39 is 51.0 Å². The number of carbonyl (C=O) groups excluding carboxylic acids is 2. The zero-order chi connectivity index (χ0) is 46.1. The number of imide groups is 1. The van der Waals surface area contributed by atoms with Gasteiger partial charge in [-0.1, -0.05) is 0 Å². The van der Waals surface area contributed by atoms with Crippen LogP contribution < -0.4 is 35.5 Å². The van der Waals surface area contributed by atoms with E-state index in [1.54, 1.807) is 30.5 Å². The zero-order valence-corrected chi connectivity index (χ0v) is 36.4. The summed E-state index contributed by atoms with van der Waals surface area (Å²) in [6, 6.07) is 16.1. The average Bonchev–Trinajstić information content (AvgIpc) is 3.77. The molecule has 17 nitrogen and oxygen atoms in total. The first-order chi connectivity index (χ1) is 31.8. The first-order valence-corrected chi connectivity index (χ1v) is 23.2. The maximum Gasteiger partial charge on any atom is 0.301 e. The van der Waals surface area contributed by atoms with Crippen molar-refractivity contribution in [3.63, 3.8) is 0 Å². The molecule has 6 heterocycles. The lowest BCUT2D eigenvalue weighted by molar-refractivity contribution is -0.133. The number of nitriles is 1. The van der Waals surface area contributed by atoms with E-state index in [0.717, 1.165) is 80.9 Å². The fourth-order valence-corrected chi connectivity index (χ4v) is 10.2. The lowest BCUT2D eigenvalue weighted by Crippen LogP contribution is -2.49. The third kappa shape index (κ3) is 9.47. The number of benzene rings is 3. The summed E-state index contributed by atoms with van der Waals surface area (Å²) in [5.74, 6) is -1.34. The van der Waals surface area contributed by atoms with E-state index in [1.165, 1.54) is 35.2 Å². The SMILES string of the molecule is N#Cc1c(NS(=O)(=O)N2CC[C@@H](F)C2)ccc(F)c1Oc1ccc2ncn(-c3ccc(N4CCN(CC5CCN(c6ccc(NC7CCC(=O)NC7=O)cc6F)CC5)CC4)nc3)c(=O)c2c1. The van der Waals surface area contributed by atoms with Crippen LogP contribution >= 0.6 is 0 Å². The van der Waals surface area contributed by atoms with Crippen LogP contribution in [-0.2, 0) is 19.8 Å². The second kappa shape index (κ2) is 18.6. The molecule has 3 N–H and O–H groups in total. The minimum Gasteiger partial charge on any atom is -0.453 e. The Hall–Kier alpha value is -6.76. The Kier molecular flexibility index (Phi) is 12.5. The van der Waals surface area contributed by atoms with Gasteiger partial charge in [0.15, 0.2) is 11.6 Å². The highest BCUT2D eigenvalue weighted by Gasteiger charge is 2.33. The van der Waals surface area contributed by atoms with Gasteiger partial charge in [0, 0.05) is 71.0 Å². The molecule has 2 atom stereocenters. The summed E-state index contributed by atoms with van der Waals surface area (Å²) in [4.78, 5) is 53.2. The molecule has 66 heavy (non-hydrogen) atoms. The number of amides is 2. The molecule has 9 rings (SSSR count). The third-order valence-corrected chi connectivity index (χ3v) is 14.0. The van der Waals surface area contributed by atoms with E-state index in [-0.39, 0.29) is 54.5 Å². The number of hydrogen-bond acceptors (Lipinski definition) is 13. The maximum absolute atomic E-state index is 15.2. The van der Waals surface area contributed by atoms with Gasteiger partial charge in [0.2, 0.25) is 11.8 Å². The second-order valence-corrected chi connectivity index (χ2v) is 18.5. The predicted molar refractivity (Wildman–Crippen MR) is 240 cm³/mol. The Morgan fingerprint density at radius 3 is 2.36 bits per heavy atom. The Labute approximate surface area is 378 Å². The van der Waals surface area contributed by atoms with E-state index >= 15 is 8.78 Å². The molecule has 0 radical (unpaired) electrons. The van der Waals surface area contributed by atoms with E-state index in [0.29, 0.717) is 34.9 Å². The Morgan fingerprint density at radius 2 is 1.67 bits per heavy atom. The minimum atomic E-state index is -4.25. The first kappa shape index (κ1) is 44.4. The molecule has 3 aromatic carbocycles. The van der Waals surface area contributed by atoms with Gasteiger partial charge < -0.3 is 19.9 Å². The summed E-state index contributed by atoms with van der Waals surface area (Å²) >= 11 is 0. The summed E-state index contributed by atoms with van der Waals surface area (Å²) in [6.45, 7) is 5.24. The number of piperidine rings is 2. The molecule has 4 saturated heterocycles. The van der Waals surface area contributed by atoms with Gasteiger partial charge >= 0.3 is 10.2 Å². The molecule has 4 aliphatic rings. The average molecular weight is 926 g/mol. The number of anilines is 4. The maximum atomic E-state index is 15.2. The molecule has 4 fully saturated rings. The second-order valence-electron chi connectivity index (χ2n) is 16.9. The van der Waals surface area contributed by atoms with Crippen LogP contribution in [0.2, 0.25) is 0 Å². The predicted octanol–water partition coefficient (Wildman–Crippen LogP) is 4.68. The van der Waals surface area contributed by atoms with Gasteiger partial charge in [0.25, 0.3) is 5.56 Å². The molecule has 2 aromatic heterocycles. The molecule has 344 valence electrons. The van der Waals surface area contributed by atoms with Crippen LogP contribution in [0.4, 0.5) is 36.1 Å². The number of pyridine rings is 1. The highest BCUT2D eigenvalue weighted by atomic mass is 32.2. The number of hydrogen-bond donors (Lipinski definition) is 3. The monoisotopic (exact) mass is 925 g/mol. The van der Waals surface area contributed by atoms with Gasteiger partial charge in [-0.2, -0.15) is 18.0 Å². The summed E-state index contributed by atoms with van der Waals surface area (Å²) in [5, 5.41) is 15.4. The molecule has 0 aliphatic carbocycles. The lowest BCUT2D eigenvalue weighted by Gasteiger charge is -2.39. The lowest BCUT2D eigenvalue weighted by atomic mass is 9.95. The summed E-state index contributed by atoms with van der Waals surface area (Å²) < 4.78 is 80.2. The number of nitrogens with zero attached hydrogens (tertiary/aromatic N) is 8. The molecule has 0 bridgehead atoms. The highest BCUT2D eigenvalue weighted by Crippen LogP contribution is 2.35. The fraction of sp³-hybridized carbons (Fsp3) is 0.378. The van der Waals surface area contributed by atoms with Gasteiger partial charge in [-0.25, -0.2) is 23.1 Å². The van der Waals surface area contributed by atoms with Crippen molar-refractivity contribution in [3.05, 3.63) is 101 Å². The smallest absolute Gasteiger partial charge is 0.301 e. The number of ether oxygens (including phenoxy) is 1. The molecule has 2 amide bonds. The van der Waals surface area contributed by atoms with Crippen LogP contribution in [-0.4, -0.2) is 115 Å². The molecular formula is C45H46F3N11O6S. The summed E-state index contributed by atoms with van der Waals surface area (Å²) in [5.41, 5.74) is 0.676. The van der Waals surface area contributed by atoms with Crippen molar-refractivity contribution in [2.75, 3.05) is 78.7 Å². The zero-order valence-electron chi connectivity index (χ0n) is 35.6. The number of alkyl halides is 1. The van der Waals surface area contributed by atoms with E-state index in [2.05, 4.69) is 40.0 Å². The Bertz CT molecular complexity index is 2880. The normalized spacial score (nSPS) is 20.0. The first-order valence-electron chi connectivity index (χ1n) is 21.7. The number of nitrogens with one attached hydrogen (secondary N) is 3. The van der Waals surface area contributed by atoms with E-state index in [4.69, 9.17) is 4.74 Å². The number of piperazine rings is 1. The van der Waals surface area contributed by atoms with Crippen molar-refractivity contribution in [2.45, 2.75) is 44.3 Å². The Morgan fingerprint density at radius 1 is 0.864 bits per heavy atom. The van der Waals surface area contributed by atoms with Gasteiger partial charge in [-0.05, 0) is 92.3 Å². The molecular weight excluding hydrogens is 880 g/mol. The highest BCUT2D eigenvalue weighted by molar-refractivity contribution is 7.90. The standard InChI is InChI=1S/C45H46F3N11O6S/c46-29-13-16-58(26-29)66(63,64)54-38-6-4-35(47)43(34(38)23-49)65-32-3-5-37-33(22-32)45(62)59(27-51-37)31-2-9-41(50-24-31)57-19-17-55(18-20-57)25-28-11-14-56(15-12-28)40-8-1-30(21-36(40)48)52-39-7-10-42(60)53-44(39)61/h1-6,8-9,21-22,24,27-29,39,52,54H,7,10-20,25-26H2,(H,53,60,61)/t29-,39?/m1/s1. The number of carbonyl (C=O) groups is 2. The van der Waals surface area contributed by atoms with Crippen LogP contribution in [0.15, 0.2) is 78.0 Å². The molecule has 21 heteroatoms. The number of fused-ring (bicyclic) bond motifs is 1. The molecule has 5 aromatic rings. The molecule has 0 spiro atoms. The van der Waals surface area contributed by atoms with E-state index in [9.17, 15) is 32.5 Å². The van der Waals surface area contributed by atoms with Crippen molar-refractivity contribution in [1.29, 1.82) is 5.26 Å². The fourth-order valence-electron chi connectivity index (χ4n) is 8.90. The van der Waals surface area contributed by atoms with Crippen molar-refractivity contribution in [3.8, 4) is 23.3 Å². The minimum absolute atomic E-state index is 0.00644. The quantitative estimate of drug-likeness (QED) is 0.146. The van der Waals surface area contributed by atoms with E-state index in [1.807, 2.05) is 6.07 Å². The molecule has 0 saturated carbocycles. The molecule has 1 unspecified atom stereocenters. The van der Waals surface area contributed by atoms with Crippen molar-refractivity contribution >= 4 is 55.8 Å². The summed E-state index contributed by atoms with van der Waals surface area (Å²) in [6.07, 6.45) is 4.16. The van der Waals surface area contributed by atoms with Crippen LogP contribution in [0, 0.1) is 28.9 Å². The Balaban J connectivity index is 0.788. The number of aromatic nitrogens is 3. The topological polar surface area (TPSA) is 198 Å². The van der Waals surface area contributed by atoms with Crippen molar-refractivity contribution in [1.82, 2.24) is 29.1 Å². The van der Waals surface area contributed by atoms with Gasteiger partial charge in [0.1, 0.15) is 47.6 Å². The summed E-state index contributed by atoms with van der Waals surface area (Å²) in [7, 11) is -4.25. The van der Waals surface area contributed by atoms with Gasteiger partial charge in [-0.15, -0.1) is 0 Å².